The average Bonchev–Trinajstić information content (AvgIpc) is 3.16. The van der Waals surface area contributed by atoms with Gasteiger partial charge in [-0.3, -0.25) is 4.99 Å². The van der Waals surface area contributed by atoms with Crippen LogP contribution < -0.4 is 5.73 Å². The van der Waals surface area contributed by atoms with Crippen molar-refractivity contribution in [2.45, 2.75) is 18.9 Å². The molecule has 2 unspecified atom stereocenters. The van der Waals surface area contributed by atoms with Gasteiger partial charge in [0, 0.05) is 17.1 Å². The molecule has 0 amide bonds. The number of amidine groups is 1. The Morgan fingerprint density at radius 3 is 2.72 bits per heavy atom. The molecule has 5 rings (SSSR count). The molecule has 1 fully saturated rings. The van der Waals surface area contributed by atoms with E-state index in [0.29, 0.717) is 18.3 Å². The Morgan fingerprint density at radius 2 is 1.83 bits per heavy atom. The topological polar surface area (TPSA) is 47.6 Å². The summed E-state index contributed by atoms with van der Waals surface area (Å²) >= 11 is 0. The van der Waals surface area contributed by atoms with Gasteiger partial charge in [0.15, 0.2) is 0 Å². The monoisotopic (exact) mass is 380 g/mol. The quantitative estimate of drug-likeness (QED) is 0.587. The van der Waals surface area contributed by atoms with E-state index in [1.165, 1.54) is 11.1 Å². The highest BCUT2D eigenvalue weighted by Crippen LogP contribution is 2.41. The highest BCUT2D eigenvalue weighted by molar-refractivity contribution is 5.98. The summed E-state index contributed by atoms with van der Waals surface area (Å²) in [5.74, 6) is 1.97. The van der Waals surface area contributed by atoms with Crippen LogP contribution in [0.3, 0.4) is 0 Å². The Bertz CT molecular complexity index is 1070. The lowest BCUT2D eigenvalue weighted by Crippen LogP contribution is -2.18. The molecule has 1 heterocycles. The smallest absolute Gasteiger partial charge is 0.128 e. The lowest BCUT2D eigenvalue weighted by atomic mass is 9.87. The van der Waals surface area contributed by atoms with E-state index in [1.807, 2.05) is 30.3 Å². The van der Waals surface area contributed by atoms with Crippen molar-refractivity contribution < 1.29 is 4.74 Å². The molecule has 144 valence electrons. The van der Waals surface area contributed by atoms with E-state index in [0.717, 1.165) is 35.3 Å². The number of ether oxygens (including phenoxy) is 1. The summed E-state index contributed by atoms with van der Waals surface area (Å²) in [6, 6.07) is 18.5. The summed E-state index contributed by atoms with van der Waals surface area (Å²) in [6.45, 7) is 0.558. The van der Waals surface area contributed by atoms with Crippen LogP contribution in [-0.4, -0.2) is 18.5 Å². The number of allylic oxidation sites excluding steroid dienone is 3. The summed E-state index contributed by atoms with van der Waals surface area (Å²) < 4.78 is 6.14. The normalized spacial score (nSPS) is 22.8. The molecular weight excluding hydrogens is 356 g/mol. The highest BCUT2D eigenvalue weighted by atomic mass is 16.5. The number of nitrogens with two attached hydrogens (primary N) is 1. The fourth-order valence-electron chi connectivity index (χ4n) is 4.19. The highest BCUT2D eigenvalue weighted by Gasteiger charge is 2.36. The minimum absolute atomic E-state index is 0.0865. The van der Waals surface area contributed by atoms with Gasteiger partial charge in [0.1, 0.15) is 17.7 Å². The fraction of sp³-hybridized carbons (Fsp3) is 0.192. The van der Waals surface area contributed by atoms with E-state index in [2.05, 4.69) is 59.6 Å². The second-order valence-electron chi connectivity index (χ2n) is 7.66. The predicted octanol–water partition coefficient (Wildman–Crippen LogP) is 5.17. The molecule has 0 radical (unpaired) electrons. The third-order valence-corrected chi connectivity index (χ3v) is 5.71. The average molecular weight is 380 g/mol. The maximum atomic E-state index is 6.31. The Morgan fingerprint density at radius 1 is 1.00 bits per heavy atom. The van der Waals surface area contributed by atoms with Crippen LogP contribution >= 0.6 is 0 Å². The Balaban J connectivity index is 1.32. The largest absolute Gasteiger partial charge is 0.485 e. The van der Waals surface area contributed by atoms with E-state index in [4.69, 9.17) is 10.5 Å². The Hall–Kier alpha value is -3.33. The summed E-state index contributed by atoms with van der Waals surface area (Å²) in [4.78, 5) is 4.65. The molecule has 3 nitrogen and oxygen atoms in total. The molecule has 2 aromatic carbocycles. The summed E-state index contributed by atoms with van der Waals surface area (Å²) in [5.41, 5.74) is 12.1. The maximum absolute atomic E-state index is 6.31. The molecule has 0 saturated carbocycles. The molecule has 1 aliphatic heterocycles. The molecule has 0 spiro atoms. The van der Waals surface area contributed by atoms with E-state index in [-0.39, 0.29) is 6.10 Å². The number of nitrogens with zero attached hydrogens (tertiary/aromatic N) is 1. The molecule has 29 heavy (non-hydrogen) atoms. The van der Waals surface area contributed by atoms with Crippen molar-refractivity contribution in [2.75, 3.05) is 6.54 Å². The van der Waals surface area contributed by atoms with Gasteiger partial charge in [0.25, 0.3) is 0 Å². The molecule has 0 bridgehead atoms. The van der Waals surface area contributed by atoms with E-state index >= 15 is 0 Å². The van der Waals surface area contributed by atoms with Crippen LogP contribution in [0, 0.1) is 5.92 Å². The van der Waals surface area contributed by atoms with Crippen molar-refractivity contribution in [2.24, 2.45) is 16.6 Å². The molecule has 2 aliphatic carbocycles. The minimum atomic E-state index is 0.0865. The minimum Gasteiger partial charge on any atom is -0.485 e. The molecule has 2 aromatic rings. The number of hydrogen-bond donors (Lipinski definition) is 1. The lowest BCUT2D eigenvalue weighted by Gasteiger charge is -2.17. The first-order chi connectivity index (χ1) is 14.3. The molecule has 2 atom stereocenters. The van der Waals surface area contributed by atoms with Crippen molar-refractivity contribution in [3.63, 3.8) is 0 Å². The fourth-order valence-corrected chi connectivity index (χ4v) is 4.19. The first-order valence-corrected chi connectivity index (χ1v) is 10.2. The third-order valence-electron chi connectivity index (χ3n) is 5.71. The standard InChI is InChI=1S/C26H24N2O/c27-26(21-10-6-9-20(16-21)19-7-2-1-3-8-19)28-17-18-13-14-23-22-11-4-5-12-24(22)29-25(23)15-18/h1-3,6-16,23,25H,4-5,17H2,(H2,27,28). The van der Waals surface area contributed by atoms with E-state index < -0.39 is 0 Å². The van der Waals surface area contributed by atoms with Crippen LogP contribution in [0.1, 0.15) is 18.4 Å². The van der Waals surface area contributed by atoms with Crippen LogP contribution in [0.2, 0.25) is 0 Å². The van der Waals surface area contributed by atoms with Gasteiger partial charge in [-0.05, 0) is 47.8 Å². The second-order valence-corrected chi connectivity index (χ2v) is 7.66. The maximum Gasteiger partial charge on any atom is 0.128 e. The van der Waals surface area contributed by atoms with Gasteiger partial charge in [-0.25, -0.2) is 0 Å². The third kappa shape index (κ3) is 3.56. The van der Waals surface area contributed by atoms with Crippen molar-refractivity contribution >= 4 is 5.84 Å². The molecule has 2 N–H and O–H groups in total. The van der Waals surface area contributed by atoms with Gasteiger partial charge in [-0.2, -0.15) is 0 Å². The van der Waals surface area contributed by atoms with Gasteiger partial charge in [0.2, 0.25) is 0 Å². The van der Waals surface area contributed by atoms with Gasteiger partial charge in [-0.1, -0.05) is 66.8 Å². The summed E-state index contributed by atoms with van der Waals surface area (Å²) in [7, 11) is 0. The van der Waals surface area contributed by atoms with Crippen LogP contribution in [0.4, 0.5) is 0 Å². The van der Waals surface area contributed by atoms with Crippen LogP contribution in [0.15, 0.2) is 107 Å². The molecule has 1 saturated heterocycles. The predicted molar refractivity (Wildman–Crippen MR) is 118 cm³/mol. The van der Waals surface area contributed by atoms with Crippen LogP contribution in [0.5, 0.6) is 0 Å². The van der Waals surface area contributed by atoms with Gasteiger partial charge >= 0.3 is 0 Å². The molecule has 0 aromatic heterocycles. The van der Waals surface area contributed by atoms with Gasteiger partial charge < -0.3 is 10.5 Å². The number of hydrogen-bond acceptors (Lipinski definition) is 2. The first kappa shape index (κ1) is 17.7. The number of benzene rings is 2. The first-order valence-electron chi connectivity index (χ1n) is 10.2. The second kappa shape index (κ2) is 7.59. The van der Waals surface area contributed by atoms with E-state index in [1.54, 1.807) is 0 Å². The SMILES string of the molecule is NC(=NCC1=CC2OC3=CCCC=C3C2C=C1)c1cccc(-c2ccccc2)c1. The number of aliphatic imine (C=N–C) groups is 1. The number of fused-ring (bicyclic) bond motifs is 3. The zero-order valence-corrected chi connectivity index (χ0v) is 16.3. The Kier molecular flexibility index (Phi) is 4.65. The Labute approximate surface area is 171 Å². The van der Waals surface area contributed by atoms with Crippen LogP contribution in [0.25, 0.3) is 11.1 Å². The molecule has 3 heteroatoms. The summed E-state index contributed by atoms with van der Waals surface area (Å²) in [5, 5.41) is 0. The van der Waals surface area contributed by atoms with Crippen molar-refractivity contribution in [3.8, 4) is 11.1 Å². The summed E-state index contributed by atoms with van der Waals surface area (Å²) in [6.07, 6.45) is 13.4. The lowest BCUT2D eigenvalue weighted by molar-refractivity contribution is 0.183. The zero-order valence-electron chi connectivity index (χ0n) is 16.3. The van der Waals surface area contributed by atoms with Crippen LogP contribution in [-0.2, 0) is 4.74 Å². The molecule has 3 aliphatic rings. The van der Waals surface area contributed by atoms with E-state index in [9.17, 15) is 0 Å². The number of rotatable bonds is 4. The van der Waals surface area contributed by atoms with Gasteiger partial charge in [0.05, 0.1) is 6.54 Å². The van der Waals surface area contributed by atoms with Gasteiger partial charge in [-0.15, -0.1) is 0 Å². The van der Waals surface area contributed by atoms with Crippen molar-refractivity contribution in [1.29, 1.82) is 0 Å². The van der Waals surface area contributed by atoms with Crippen molar-refractivity contribution in [3.05, 3.63) is 107 Å². The molecular formula is C26H24N2O. The zero-order chi connectivity index (χ0) is 19.6. The van der Waals surface area contributed by atoms with Crippen molar-refractivity contribution in [1.82, 2.24) is 0 Å².